The molecule has 0 amide bonds. The van der Waals surface area contributed by atoms with Crippen molar-refractivity contribution in [2.24, 2.45) is 5.92 Å². The van der Waals surface area contributed by atoms with E-state index in [-0.39, 0.29) is 0 Å². The van der Waals surface area contributed by atoms with Gasteiger partial charge < -0.3 is 5.32 Å². The van der Waals surface area contributed by atoms with E-state index in [1.54, 1.807) is 0 Å². The maximum absolute atomic E-state index is 4.07. The van der Waals surface area contributed by atoms with Gasteiger partial charge in [0.1, 0.15) is 0 Å². The van der Waals surface area contributed by atoms with Gasteiger partial charge >= 0.3 is 0 Å². The molecule has 1 nitrogen and oxygen atoms in total. The first-order valence-corrected chi connectivity index (χ1v) is 6.13. The fourth-order valence-electron chi connectivity index (χ4n) is 2.33. The third-order valence-electron chi connectivity index (χ3n) is 3.07. The predicted octanol–water partition coefficient (Wildman–Crippen LogP) is 3.86. The lowest BCUT2D eigenvalue weighted by Crippen LogP contribution is -2.21. The van der Waals surface area contributed by atoms with Gasteiger partial charge in [0, 0.05) is 11.7 Å². The predicted molar refractivity (Wildman–Crippen MR) is 63.2 cm³/mol. The lowest BCUT2D eigenvalue weighted by atomic mass is 9.86. The van der Waals surface area contributed by atoms with E-state index in [4.69, 9.17) is 0 Å². The van der Waals surface area contributed by atoms with Gasteiger partial charge in [-0.3, -0.25) is 0 Å². The third kappa shape index (κ3) is 4.69. The highest BCUT2D eigenvalue weighted by molar-refractivity contribution is 4.92. The van der Waals surface area contributed by atoms with Crippen molar-refractivity contribution >= 4 is 0 Å². The Morgan fingerprint density at radius 1 is 1.29 bits per heavy atom. The van der Waals surface area contributed by atoms with Crippen molar-refractivity contribution in [3.05, 3.63) is 12.3 Å². The fourth-order valence-corrected chi connectivity index (χ4v) is 2.33. The lowest BCUT2D eigenvalue weighted by Gasteiger charge is -2.22. The molecule has 1 aliphatic carbocycles. The number of rotatable bonds is 5. The van der Waals surface area contributed by atoms with Crippen LogP contribution in [0.2, 0.25) is 0 Å². The fraction of sp³-hybridized carbons (Fsp3) is 0.846. The van der Waals surface area contributed by atoms with Crippen molar-refractivity contribution in [3.8, 4) is 0 Å². The van der Waals surface area contributed by atoms with Crippen LogP contribution in [0.3, 0.4) is 0 Å². The summed E-state index contributed by atoms with van der Waals surface area (Å²) in [6, 6.07) is 0.536. The van der Waals surface area contributed by atoms with Crippen LogP contribution >= 0.6 is 0 Å². The van der Waals surface area contributed by atoms with Gasteiger partial charge in [0.25, 0.3) is 0 Å². The molecule has 0 spiro atoms. The molecule has 1 fully saturated rings. The SMILES string of the molecule is C=C(CCC1CCCCC1)NC(C)C. The van der Waals surface area contributed by atoms with Crippen LogP contribution in [0.15, 0.2) is 12.3 Å². The third-order valence-corrected chi connectivity index (χ3v) is 3.07. The molecule has 0 radical (unpaired) electrons. The Labute approximate surface area is 89.0 Å². The summed E-state index contributed by atoms with van der Waals surface area (Å²) >= 11 is 0. The standard InChI is InChI=1S/C13H25N/c1-11(2)14-12(3)9-10-13-7-5-4-6-8-13/h11,13-14H,3-10H2,1-2H3. The molecule has 0 aromatic carbocycles. The minimum Gasteiger partial charge on any atom is -0.387 e. The Kier molecular flexibility index (Phi) is 5.06. The molecule has 0 aromatic rings. The highest BCUT2D eigenvalue weighted by Gasteiger charge is 2.13. The minimum absolute atomic E-state index is 0.536. The van der Waals surface area contributed by atoms with Gasteiger partial charge in [0.2, 0.25) is 0 Å². The van der Waals surface area contributed by atoms with E-state index in [2.05, 4.69) is 25.7 Å². The second kappa shape index (κ2) is 6.10. The van der Waals surface area contributed by atoms with Crippen LogP contribution in [0.5, 0.6) is 0 Å². The van der Waals surface area contributed by atoms with Crippen molar-refractivity contribution < 1.29 is 0 Å². The smallest absolute Gasteiger partial charge is 0.0201 e. The first-order chi connectivity index (χ1) is 6.68. The minimum atomic E-state index is 0.536. The number of hydrogen-bond donors (Lipinski definition) is 1. The van der Waals surface area contributed by atoms with Crippen molar-refractivity contribution in [2.45, 2.75) is 64.8 Å². The molecule has 0 aliphatic heterocycles. The van der Waals surface area contributed by atoms with Crippen molar-refractivity contribution in [2.75, 3.05) is 0 Å². The summed E-state index contributed by atoms with van der Waals surface area (Å²) < 4.78 is 0. The van der Waals surface area contributed by atoms with Crippen LogP contribution in [0.25, 0.3) is 0 Å². The first-order valence-electron chi connectivity index (χ1n) is 6.13. The van der Waals surface area contributed by atoms with Crippen molar-refractivity contribution in [3.63, 3.8) is 0 Å². The summed E-state index contributed by atoms with van der Waals surface area (Å²) in [6.45, 7) is 8.41. The second-order valence-corrected chi connectivity index (χ2v) is 4.95. The van der Waals surface area contributed by atoms with Gasteiger partial charge in [0.05, 0.1) is 0 Å². The van der Waals surface area contributed by atoms with Gasteiger partial charge in [-0.15, -0.1) is 0 Å². The summed E-state index contributed by atoms with van der Waals surface area (Å²) in [6.07, 6.45) is 9.79. The Hall–Kier alpha value is -0.460. The number of hydrogen-bond acceptors (Lipinski definition) is 1. The lowest BCUT2D eigenvalue weighted by molar-refractivity contribution is 0.336. The van der Waals surface area contributed by atoms with Crippen LogP contribution in [-0.4, -0.2) is 6.04 Å². The van der Waals surface area contributed by atoms with Gasteiger partial charge in [-0.1, -0.05) is 38.7 Å². The normalized spacial score (nSPS) is 18.5. The molecule has 0 unspecified atom stereocenters. The molecule has 1 rings (SSSR count). The average molecular weight is 195 g/mol. The van der Waals surface area contributed by atoms with E-state index in [0.717, 1.165) is 5.92 Å². The van der Waals surface area contributed by atoms with Crippen LogP contribution in [-0.2, 0) is 0 Å². The molecule has 0 bridgehead atoms. The summed E-state index contributed by atoms with van der Waals surface area (Å²) in [5.74, 6) is 0.981. The van der Waals surface area contributed by atoms with Gasteiger partial charge in [-0.05, 0) is 32.6 Å². The Bertz CT molecular complexity index is 166. The summed E-state index contributed by atoms with van der Waals surface area (Å²) in [5.41, 5.74) is 1.23. The molecule has 1 heteroatoms. The number of nitrogens with one attached hydrogen (secondary N) is 1. The van der Waals surface area contributed by atoms with Gasteiger partial charge in [0.15, 0.2) is 0 Å². The summed E-state index contributed by atoms with van der Waals surface area (Å²) in [4.78, 5) is 0. The van der Waals surface area contributed by atoms with E-state index in [1.807, 2.05) is 0 Å². The number of allylic oxidation sites excluding steroid dienone is 1. The van der Waals surface area contributed by atoms with Crippen LogP contribution in [0.1, 0.15) is 58.8 Å². The Morgan fingerprint density at radius 3 is 2.50 bits per heavy atom. The van der Waals surface area contributed by atoms with Crippen LogP contribution in [0.4, 0.5) is 0 Å². The molecular formula is C13H25N. The molecule has 0 atom stereocenters. The van der Waals surface area contributed by atoms with E-state index in [0.29, 0.717) is 6.04 Å². The zero-order valence-electron chi connectivity index (χ0n) is 9.81. The highest BCUT2D eigenvalue weighted by Crippen LogP contribution is 2.27. The maximum atomic E-state index is 4.07. The highest BCUT2D eigenvalue weighted by atomic mass is 14.9. The topological polar surface area (TPSA) is 12.0 Å². The molecule has 14 heavy (non-hydrogen) atoms. The Morgan fingerprint density at radius 2 is 1.93 bits per heavy atom. The van der Waals surface area contributed by atoms with Crippen molar-refractivity contribution in [1.29, 1.82) is 0 Å². The maximum Gasteiger partial charge on any atom is 0.0201 e. The summed E-state index contributed by atoms with van der Waals surface area (Å²) in [5, 5.41) is 3.39. The average Bonchev–Trinajstić information content (AvgIpc) is 2.15. The molecule has 0 heterocycles. The van der Waals surface area contributed by atoms with Crippen molar-refractivity contribution in [1.82, 2.24) is 5.32 Å². The van der Waals surface area contributed by atoms with E-state index in [1.165, 1.54) is 50.6 Å². The monoisotopic (exact) mass is 195 g/mol. The largest absolute Gasteiger partial charge is 0.387 e. The quantitative estimate of drug-likeness (QED) is 0.702. The molecule has 1 aliphatic rings. The first kappa shape index (κ1) is 11.6. The van der Waals surface area contributed by atoms with E-state index < -0.39 is 0 Å². The van der Waals surface area contributed by atoms with E-state index >= 15 is 0 Å². The zero-order chi connectivity index (χ0) is 10.4. The molecular weight excluding hydrogens is 170 g/mol. The molecule has 82 valence electrons. The Balaban J connectivity index is 2.09. The molecule has 0 saturated heterocycles. The summed E-state index contributed by atoms with van der Waals surface area (Å²) in [7, 11) is 0. The molecule has 1 N–H and O–H groups in total. The molecule has 0 aromatic heterocycles. The van der Waals surface area contributed by atoms with Gasteiger partial charge in [-0.25, -0.2) is 0 Å². The second-order valence-electron chi connectivity index (χ2n) is 4.95. The van der Waals surface area contributed by atoms with E-state index in [9.17, 15) is 0 Å². The zero-order valence-corrected chi connectivity index (χ0v) is 9.81. The van der Waals surface area contributed by atoms with Crippen LogP contribution in [0, 0.1) is 5.92 Å². The van der Waals surface area contributed by atoms with Gasteiger partial charge in [-0.2, -0.15) is 0 Å². The van der Waals surface area contributed by atoms with Crippen LogP contribution < -0.4 is 5.32 Å². The molecule has 1 saturated carbocycles.